The van der Waals surface area contributed by atoms with Crippen LogP contribution in [-0.2, 0) is 4.79 Å². The lowest BCUT2D eigenvalue weighted by molar-refractivity contribution is -0.137. The predicted octanol–water partition coefficient (Wildman–Crippen LogP) is 1.90. The molecule has 0 saturated heterocycles. The van der Waals surface area contributed by atoms with E-state index in [1.54, 1.807) is 19.2 Å². The molecular weight excluding hydrogens is 258 g/mol. The third kappa shape index (κ3) is 3.63. The third-order valence-electron chi connectivity index (χ3n) is 2.41. The Bertz CT molecular complexity index is 461. The highest BCUT2D eigenvalue weighted by molar-refractivity contribution is 6.32. The summed E-state index contributed by atoms with van der Waals surface area (Å²) in [7, 11) is 3.03. The van der Waals surface area contributed by atoms with Crippen molar-refractivity contribution in [2.24, 2.45) is 0 Å². The van der Waals surface area contributed by atoms with E-state index in [2.05, 4.69) is 0 Å². The van der Waals surface area contributed by atoms with E-state index in [0.717, 1.165) is 0 Å². The van der Waals surface area contributed by atoms with Crippen LogP contribution in [-0.4, -0.2) is 42.6 Å². The normalized spacial score (nSPS) is 9.94. The lowest BCUT2D eigenvalue weighted by Gasteiger charge is -2.16. The summed E-state index contributed by atoms with van der Waals surface area (Å²) < 4.78 is 4.98. The molecule has 0 aliphatic carbocycles. The zero-order valence-corrected chi connectivity index (χ0v) is 10.9. The van der Waals surface area contributed by atoms with E-state index in [0.29, 0.717) is 16.3 Å². The van der Waals surface area contributed by atoms with E-state index < -0.39 is 5.97 Å². The molecule has 0 heterocycles. The molecule has 5 nitrogen and oxygen atoms in total. The number of hydrogen-bond acceptors (Lipinski definition) is 3. The molecular formula is C12H14ClNO4. The summed E-state index contributed by atoms with van der Waals surface area (Å²) in [6.45, 7) is 0.151. The number of benzene rings is 1. The summed E-state index contributed by atoms with van der Waals surface area (Å²) in [5.41, 5.74) is 0.397. The summed E-state index contributed by atoms with van der Waals surface area (Å²) in [5, 5.41) is 8.89. The second-order valence-corrected chi connectivity index (χ2v) is 4.13. The summed E-state index contributed by atoms with van der Waals surface area (Å²) in [4.78, 5) is 23.7. The Morgan fingerprint density at radius 3 is 2.61 bits per heavy atom. The first kappa shape index (κ1) is 14.3. The number of carbonyl (C=O) groups excluding carboxylic acids is 1. The van der Waals surface area contributed by atoms with Crippen molar-refractivity contribution in [3.8, 4) is 5.75 Å². The minimum absolute atomic E-state index is 0.0911. The van der Waals surface area contributed by atoms with Crippen LogP contribution in [0.2, 0.25) is 5.02 Å². The molecule has 0 spiro atoms. The summed E-state index contributed by atoms with van der Waals surface area (Å²) >= 11 is 5.92. The van der Waals surface area contributed by atoms with E-state index in [4.69, 9.17) is 21.4 Å². The van der Waals surface area contributed by atoms with Crippen molar-refractivity contribution in [3.05, 3.63) is 28.8 Å². The minimum Gasteiger partial charge on any atom is -0.495 e. The van der Waals surface area contributed by atoms with Crippen molar-refractivity contribution in [2.75, 3.05) is 20.7 Å². The van der Waals surface area contributed by atoms with Crippen LogP contribution >= 0.6 is 11.6 Å². The molecule has 0 bridgehead atoms. The molecule has 1 rings (SSSR count). The van der Waals surface area contributed by atoms with Gasteiger partial charge in [0.2, 0.25) is 0 Å². The first-order valence-corrected chi connectivity index (χ1v) is 5.64. The molecule has 98 valence electrons. The molecule has 0 aromatic heterocycles. The van der Waals surface area contributed by atoms with E-state index >= 15 is 0 Å². The second-order valence-electron chi connectivity index (χ2n) is 3.72. The fourth-order valence-electron chi connectivity index (χ4n) is 1.38. The Morgan fingerprint density at radius 2 is 2.11 bits per heavy atom. The standard InChI is InChI=1S/C12H14ClNO4/c1-14(6-5-11(15)16)12(17)8-3-4-10(18-2)9(13)7-8/h3-4,7H,5-6H2,1-2H3,(H,15,16). The number of rotatable bonds is 5. The zero-order valence-electron chi connectivity index (χ0n) is 10.1. The number of carboxylic acids is 1. The summed E-state index contributed by atoms with van der Waals surface area (Å²) in [6.07, 6.45) is -0.0911. The van der Waals surface area contributed by atoms with Gasteiger partial charge in [-0.3, -0.25) is 9.59 Å². The number of carboxylic acid groups (broad SMARTS) is 1. The van der Waals surface area contributed by atoms with Gasteiger partial charge in [-0.15, -0.1) is 0 Å². The van der Waals surface area contributed by atoms with Crippen LogP contribution in [0.25, 0.3) is 0 Å². The maximum atomic E-state index is 11.9. The molecule has 18 heavy (non-hydrogen) atoms. The van der Waals surface area contributed by atoms with E-state index in [1.165, 1.54) is 18.1 Å². The molecule has 0 radical (unpaired) electrons. The van der Waals surface area contributed by atoms with E-state index in [-0.39, 0.29) is 18.9 Å². The van der Waals surface area contributed by atoms with Gasteiger partial charge < -0.3 is 14.7 Å². The van der Waals surface area contributed by atoms with Gasteiger partial charge in [-0.05, 0) is 18.2 Å². The van der Waals surface area contributed by atoms with Crippen molar-refractivity contribution >= 4 is 23.5 Å². The Morgan fingerprint density at radius 1 is 1.44 bits per heavy atom. The van der Waals surface area contributed by atoms with Gasteiger partial charge in [-0.2, -0.15) is 0 Å². The number of ether oxygens (including phenoxy) is 1. The smallest absolute Gasteiger partial charge is 0.305 e. The lowest BCUT2D eigenvalue weighted by atomic mass is 10.2. The Hall–Kier alpha value is -1.75. The van der Waals surface area contributed by atoms with Crippen molar-refractivity contribution in [1.82, 2.24) is 4.90 Å². The number of aliphatic carboxylic acids is 1. The highest BCUT2D eigenvalue weighted by atomic mass is 35.5. The fourth-order valence-corrected chi connectivity index (χ4v) is 1.64. The largest absolute Gasteiger partial charge is 0.495 e. The average molecular weight is 272 g/mol. The van der Waals surface area contributed by atoms with Gasteiger partial charge in [-0.1, -0.05) is 11.6 Å². The van der Waals surface area contributed by atoms with Gasteiger partial charge in [0.25, 0.3) is 5.91 Å². The van der Waals surface area contributed by atoms with Crippen LogP contribution < -0.4 is 4.74 Å². The van der Waals surface area contributed by atoms with Crippen LogP contribution in [0.15, 0.2) is 18.2 Å². The molecule has 1 aromatic carbocycles. The molecule has 0 unspecified atom stereocenters. The fraction of sp³-hybridized carbons (Fsp3) is 0.333. The number of amides is 1. The Balaban J connectivity index is 2.77. The Kier molecular flexibility index (Phi) is 4.97. The van der Waals surface area contributed by atoms with Crippen LogP contribution in [0.3, 0.4) is 0 Å². The maximum absolute atomic E-state index is 11.9. The topological polar surface area (TPSA) is 66.8 Å². The predicted molar refractivity (Wildman–Crippen MR) is 67.2 cm³/mol. The zero-order chi connectivity index (χ0) is 13.7. The van der Waals surface area contributed by atoms with Crippen molar-refractivity contribution in [1.29, 1.82) is 0 Å². The number of hydrogen-bond donors (Lipinski definition) is 1. The van der Waals surface area contributed by atoms with E-state index in [1.807, 2.05) is 0 Å². The van der Waals surface area contributed by atoms with Gasteiger partial charge in [0.05, 0.1) is 18.6 Å². The first-order valence-electron chi connectivity index (χ1n) is 5.26. The van der Waals surface area contributed by atoms with Crippen LogP contribution in [0, 0.1) is 0 Å². The van der Waals surface area contributed by atoms with Gasteiger partial charge in [0, 0.05) is 19.2 Å². The lowest BCUT2D eigenvalue weighted by Crippen LogP contribution is -2.29. The quantitative estimate of drug-likeness (QED) is 0.888. The van der Waals surface area contributed by atoms with Crippen LogP contribution in [0.1, 0.15) is 16.8 Å². The summed E-state index contributed by atoms with van der Waals surface area (Å²) in [5.74, 6) is -0.732. The van der Waals surface area contributed by atoms with Crippen molar-refractivity contribution in [2.45, 2.75) is 6.42 Å². The van der Waals surface area contributed by atoms with Gasteiger partial charge in [0.1, 0.15) is 5.75 Å². The molecule has 1 N–H and O–H groups in total. The molecule has 1 amide bonds. The van der Waals surface area contributed by atoms with Crippen LogP contribution in [0.4, 0.5) is 0 Å². The number of halogens is 1. The SMILES string of the molecule is COc1ccc(C(=O)N(C)CCC(=O)O)cc1Cl. The molecule has 0 aliphatic rings. The van der Waals surface area contributed by atoms with Gasteiger partial charge >= 0.3 is 5.97 Å². The highest BCUT2D eigenvalue weighted by Gasteiger charge is 2.14. The van der Waals surface area contributed by atoms with Gasteiger partial charge in [0.15, 0.2) is 0 Å². The van der Waals surface area contributed by atoms with E-state index in [9.17, 15) is 9.59 Å². The maximum Gasteiger partial charge on any atom is 0.305 e. The van der Waals surface area contributed by atoms with Crippen molar-refractivity contribution < 1.29 is 19.4 Å². The Labute approximate surface area is 110 Å². The molecule has 0 fully saturated rings. The molecule has 6 heteroatoms. The number of carbonyl (C=O) groups is 2. The highest BCUT2D eigenvalue weighted by Crippen LogP contribution is 2.25. The molecule has 0 aliphatic heterocycles. The average Bonchev–Trinajstić information content (AvgIpc) is 2.34. The minimum atomic E-state index is -0.942. The second kappa shape index (κ2) is 6.26. The number of methoxy groups -OCH3 is 1. The van der Waals surface area contributed by atoms with Crippen molar-refractivity contribution in [3.63, 3.8) is 0 Å². The monoisotopic (exact) mass is 271 g/mol. The first-order chi connectivity index (χ1) is 8.45. The van der Waals surface area contributed by atoms with Gasteiger partial charge in [-0.25, -0.2) is 0 Å². The third-order valence-corrected chi connectivity index (χ3v) is 2.70. The number of nitrogens with zero attached hydrogens (tertiary/aromatic N) is 1. The molecule has 1 aromatic rings. The molecule has 0 saturated carbocycles. The molecule has 0 atom stereocenters. The summed E-state index contributed by atoms with van der Waals surface area (Å²) in [6, 6.07) is 4.69. The van der Waals surface area contributed by atoms with Crippen LogP contribution in [0.5, 0.6) is 5.75 Å².